The largest absolute Gasteiger partial charge is 0.359 e. The van der Waals surface area contributed by atoms with Gasteiger partial charge >= 0.3 is 0 Å². The third-order valence-electron chi connectivity index (χ3n) is 2.49. The van der Waals surface area contributed by atoms with E-state index < -0.39 is 0 Å². The quantitative estimate of drug-likeness (QED) is 0.739. The van der Waals surface area contributed by atoms with Crippen molar-refractivity contribution < 1.29 is 0 Å². The molecule has 0 aliphatic carbocycles. The van der Waals surface area contributed by atoms with Crippen molar-refractivity contribution in [3.05, 3.63) is 29.8 Å². The maximum Gasteiger partial charge on any atom is 0.185 e. The molecule has 0 atom stereocenters. The molecule has 1 aliphatic heterocycles. The highest BCUT2D eigenvalue weighted by Gasteiger charge is 2.12. The molecule has 1 saturated heterocycles. The maximum absolute atomic E-state index is 5.08. The van der Waals surface area contributed by atoms with Gasteiger partial charge in [0.05, 0.1) is 12.2 Å². The molecule has 0 aromatic heterocycles. The number of hydrogen-bond acceptors (Lipinski definition) is 2. The van der Waals surface area contributed by atoms with Gasteiger partial charge in [0.2, 0.25) is 0 Å². The van der Waals surface area contributed by atoms with E-state index in [4.69, 9.17) is 12.2 Å². The molecule has 1 aliphatic rings. The van der Waals surface area contributed by atoms with Crippen LogP contribution in [0.15, 0.2) is 24.3 Å². The third kappa shape index (κ3) is 2.39. The van der Waals surface area contributed by atoms with Gasteiger partial charge in [-0.05, 0) is 36.3 Å². The van der Waals surface area contributed by atoms with Gasteiger partial charge in [-0.2, -0.15) is 0 Å². The van der Waals surface area contributed by atoms with Crippen LogP contribution in [0.25, 0.3) is 0 Å². The summed E-state index contributed by atoms with van der Waals surface area (Å²) in [6, 6.07) is 8.52. The van der Waals surface area contributed by atoms with Gasteiger partial charge in [0.1, 0.15) is 0 Å². The van der Waals surface area contributed by atoms with Gasteiger partial charge in [0.15, 0.2) is 5.11 Å². The van der Waals surface area contributed by atoms with E-state index in [1.165, 1.54) is 11.3 Å². The zero-order valence-corrected chi connectivity index (χ0v) is 9.60. The van der Waals surface area contributed by atoms with Crippen LogP contribution < -0.4 is 15.8 Å². The minimum absolute atomic E-state index is 0.697. The lowest BCUT2D eigenvalue weighted by atomic mass is 10.1. The molecule has 4 heteroatoms. The van der Waals surface area contributed by atoms with Crippen LogP contribution in [-0.4, -0.2) is 18.2 Å². The molecular formula is C11H15N3S. The number of hydrazine groups is 1. The normalized spacial score (nSPS) is 15.8. The van der Waals surface area contributed by atoms with Gasteiger partial charge in [-0.15, -0.1) is 0 Å². The van der Waals surface area contributed by atoms with Crippen LogP contribution in [-0.2, 0) is 6.42 Å². The predicted octanol–water partition coefficient (Wildman–Crippen LogP) is 1.45. The summed E-state index contributed by atoms with van der Waals surface area (Å²) < 4.78 is 0. The Morgan fingerprint density at radius 1 is 1.47 bits per heavy atom. The molecule has 0 spiro atoms. The van der Waals surface area contributed by atoms with Gasteiger partial charge in [-0.1, -0.05) is 19.1 Å². The SMILES string of the molecule is CCc1cccc(N2CCNC(=S)N2)c1. The Morgan fingerprint density at radius 2 is 2.33 bits per heavy atom. The van der Waals surface area contributed by atoms with Crippen molar-refractivity contribution in [1.29, 1.82) is 0 Å². The van der Waals surface area contributed by atoms with E-state index in [0.29, 0.717) is 5.11 Å². The lowest BCUT2D eigenvalue weighted by molar-refractivity contribution is 0.669. The molecule has 0 saturated carbocycles. The van der Waals surface area contributed by atoms with Crippen molar-refractivity contribution in [3.63, 3.8) is 0 Å². The number of anilines is 1. The van der Waals surface area contributed by atoms with Crippen LogP contribution in [0.2, 0.25) is 0 Å². The highest BCUT2D eigenvalue weighted by Crippen LogP contribution is 2.15. The highest BCUT2D eigenvalue weighted by molar-refractivity contribution is 7.80. The van der Waals surface area contributed by atoms with Gasteiger partial charge in [0.25, 0.3) is 0 Å². The average molecular weight is 221 g/mol. The number of nitrogens with one attached hydrogen (secondary N) is 2. The van der Waals surface area contributed by atoms with Crippen LogP contribution in [0.1, 0.15) is 12.5 Å². The van der Waals surface area contributed by atoms with Crippen molar-refractivity contribution in [1.82, 2.24) is 10.7 Å². The Balaban J connectivity index is 2.17. The van der Waals surface area contributed by atoms with E-state index >= 15 is 0 Å². The summed E-state index contributed by atoms with van der Waals surface area (Å²) in [6.45, 7) is 3.98. The fourth-order valence-corrected chi connectivity index (χ4v) is 1.85. The molecule has 3 nitrogen and oxygen atoms in total. The molecule has 2 N–H and O–H groups in total. The van der Waals surface area contributed by atoms with Crippen molar-refractivity contribution in [2.45, 2.75) is 13.3 Å². The number of benzene rings is 1. The Bertz CT molecular complexity index is 365. The van der Waals surface area contributed by atoms with E-state index in [0.717, 1.165) is 19.5 Å². The number of hydrogen-bond donors (Lipinski definition) is 2. The van der Waals surface area contributed by atoms with Crippen molar-refractivity contribution in [2.24, 2.45) is 0 Å². The van der Waals surface area contributed by atoms with Crippen molar-refractivity contribution >= 4 is 23.0 Å². The van der Waals surface area contributed by atoms with Crippen LogP contribution in [0.5, 0.6) is 0 Å². The summed E-state index contributed by atoms with van der Waals surface area (Å²) in [4.78, 5) is 0. The molecule has 1 aromatic carbocycles. The molecule has 0 amide bonds. The lowest BCUT2D eigenvalue weighted by Gasteiger charge is -2.31. The van der Waals surface area contributed by atoms with E-state index in [1.54, 1.807) is 0 Å². The summed E-state index contributed by atoms with van der Waals surface area (Å²) in [6.07, 6.45) is 1.06. The topological polar surface area (TPSA) is 27.3 Å². The molecule has 2 rings (SSSR count). The Morgan fingerprint density at radius 3 is 3.07 bits per heavy atom. The Kier molecular flexibility index (Phi) is 3.06. The number of thiocarbonyl (C=S) groups is 1. The lowest BCUT2D eigenvalue weighted by Crippen LogP contribution is -2.55. The van der Waals surface area contributed by atoms with Crippen LogP contribution in [0.3, 0.4) is 0 Å². The summed E-state index contributed by atoms with van der Waals surface area (Å²) >= 11 is 5.08. The van der Waals surface area contributed by atoms with Crippen LogP contribution in [0, 0.1) is 0 Å². The molecule has 15 heavy (non-hydrogen) atoms. The maximum atomic E-state index is 5.08. The first-order valence-electron chi connectivity index (χ1n) is 5.20. The van der Waals surface area contributed by atoms with Crippen molar-refractivity contribution in [2.75, 3.05) is 18.1 Å². The Labute approximate surface area is 95.4 Å². The molecule has 0 radical (unpaired) electrons. The molecule has 80 valence electrons. The van der Waals surface area contributed by atoms with E-state index in [1.807, 2.05) is 0 Å². The first-order chi connectivity index (χ1) is 7.29. The monoisotopic (exact) mass is 221 g/mol. The van der Waals surface area contributed by atoms with E-state index in [2.05, 4.69) is 46.9 Å². The molecule has 0 unspecified atom stereocenters. The Hall–Kier alpha value is -1.29. The fraction of sp³-hybridized carbons (Fsp3) is 0.364. The highest BCUT2D eigenvalue weighted by atomic mass is 32.1. The number of aryl methyl sites for hydroxylation is 1. The summed E-state index contributed by atoms with van der Waals surface area (Å²) in [7, 11) is 0. The second-order valence-corrected chi connectivity index (χ2v) is 3.95. The summed E-state index contributed by atoms with van der Waals surface area (Å²) in [5, 5.41) is 5.87. The van der Waals surface area contributed by atoms with Crippen molar-refractivity contribution in [3.8, 4) is 0 Å². The smallest absolute Gasteiger partial charge is 0.185 e. The minimum atomic E-state index is 0.697. The average Bonchev–Trinajstić information content (AvgIpc) is 2.29. The van der Waals surface area contributed by atoms with Gasteiger partial charge in [-0.3, -0.25) is 10.4 Å². The van der Waals surface area contributed by atoms with E-state index in [-0.39, 0.29) is 0 Å². The second-order valence-electron chi connectivity index (χ2n) is 3.54. The predicted molar refractivity (Wildman–Crippen MR) is 66.9 cm³/mol. The molecule has 1 heterocycles. The van der Waals surface area contributed by atoms with Gasteiger partial charge in [-0.25, -0.2) is 0 Å². The summed E-state index contributed by atoms with van der Waals surface area (Å²) in [5.74, 6) is 0. The second kappa shape index (κ2) is 4.49. The molecule has 1 fully saturated rings. The molecule has 0 bridgehead atoms. The zero-order chi connectivity index (χ0) is 10.7. The summed E-state index contributed by atoms with van der Waals surface area (Å²) in [5.41, 5.74) is 5.66. The van der Waals surface area contributed by atoms with Gasteiger partial charge < -0.3 is 5.32 Å². The van der Waals surface area contributed by atoms with Crippen LogP contribution in [0.4, 0.5) is 5.69 Å². The first-order valence-corrected chi connectivity index (χ1v) is 5.61. The van der Waals surface area contributed by atoms with Crippen LogP contribution >= 0.6 is 12.2 Å². The third-order valence-corrected chi connectivity index (χ3v) is 2.72. The van der Waals surface area contributed by atoms with E-state index in [9.17, 15) is 0 Å². The standard InChI is InChI=1S/C11H15N3S/c1-2-9-4-3-5-10(8-9)14-7-6-12-11(15)13-14/h3-5,8H,2,6-7H2,1H3,(H2,12,13,15). The van der Waals surface area contributed by atoms with Gasteiger partial charge in [0, 0.05) is 6.54 Å². The fourth-order valence-electron chi connectivity index (χ4n) is 1.64. The zero-order valence-electron chi connectivity index (χ0n) is 8.79. The molecule has 1 aromatic rings. The number of rotatable bonds is 2. The minimum Gasteiger partial charge on any atom is -0.359 e. The number of nitrogens with zero attached hydrogens (tertiary/aromatic N) is 1. The molecular weight excluding hydrogens is 206 g/mol. The first kappa shape index (κ1) is 10.2.